The molecule has 1 aromatic rings. The van der Waals surface area contributed by atoms with Crippen molar-refractivity contribution in [2.45, 2.75) is 20.3 Å². The molecule has 1 aliphatic carbocycles. The number of carbonyl (C=O) groups is 1. The number of amides is 1. The predicted molar refractivity (Wildman–Crippen MR) is 80.3 cm³/mol. The largest absolute Gasteiger partial charge is 0.461 e. The van der Waals surface area contributed by atoms with Gasteiger partial charge in [0.15, 0.2) is 0 Å². The standard InChI is InChI=1S/C14H15NO.C2H5NO/c1-11-5-3-4-6-13(9-11)16-14-7-8-15-12(2)10-14;1-3-2-4/h3-5,7-10H,6H2,1-2H3;2H,1H3,(H,3,4). The minimum absolute atomic E-state index is 0.625. The number of hydrogen-bond donors (Lipinski definition) is 1. The first-order chi connectivity index (χ1) is 9.65. The van der Waals surface area contributed by atoms with E-state index < -0.39 is 0 Å². The number of nitrogens with zero attached hydrogens (tertiary/aromatic N) is 1. The van der Waals surface area contributed by atoms with Crippen molar-refractivity contribution in [1.82, 2.24) is 10.3 Å². The Kier molecular flexibility index (Phi) is 6.82. The summed E-state index contributed by atoms with van der Waals surface area (Å²) < 4.78 is 5.82. The van der Waals surface area contributed by atoms with Gasteiger partial charge >= 0.3 is 0 Å². The molecule has 0 bridgehead atoms. The third-order valence-electron chi connectivity index (χ3n) is 2.44. The second-order valence-corrected chi connectivity index (χ2v) is 4.30. The van der Waals surface area contributed by atoms with Crippen LogP contribution in [0.4, 0.5) is 0 Å². The quantitative estimate of drug-likeness (QED) is 0.861. The number of ether oxygens (including phenoxy) is 1. The molecule has 4 heteroatoms. The lowest BCUT2D eigenvalue weighted by molar-refractivity contribution is -0.109. The SMILES string of the molecule is CC1=CC=CCC(Oc2ccnc(C)c2)=C1.CNC=O. The average Bonchev–Trinajstić information content (AvgIpc) is 2.63. The van der Waals surface area contributed by atoms with Crippen LogP contribution in [0.3, 0.4) is 0 Å². The molecule has 0 saturated carbocycles. The van der Waals surface area contributed by atoms with Crippen molar-refractivity contribution in [1.29, 1.82) is 0 Å². The van der Waals surface area contributed by atoms with Crippen LogP contribution in [-0.4, -0.2) is 18.4 Å². The first kappa shape index (κ1) is 15.7. The lowest BCUT2D eigenvalue weighted by Gasteiger charge is -2.08. The Morgan fingerprint density at radius 2 is 2.15 bits per heavy atom. The topological polar surface area (TPSA) is 51.2 Å². The van der Waals surface area contributed by atoms with Crippen molar-refractivity contribution < 1.29 is 9.53 Å². The van der Waals surface area contributed by atoms with Gasteiger partial charge in [-0.15, -0.1) is 0 Å². The van der Waals surface area contributed by atoms with Gasteiger partial charge in [0, 0.05) is 31.4 Å². The molecule has 0 aliphatic heterocycles. The molecule has 1 aliphatic rings. The van der Waals surface area contributed by atoms with Crippen LogP contribution in [0.15, 0.2) is 54.0 Å². The summed E-state index contributed by atoms with van der Waals surface area (Å²) in [7, 11) is 1.56. The second-order valence-electron chi connectivity index (χ2n) is 4.30. The number of hydrogen-bond acceptors (Lipinski definition) is 3. The number of nitrogens with one attached hydrogen (secondary N) is 1. The van der Waals surface area contributed by atoms with Crippen LogP contribution >= 0.6 is 0 Å². The molecule has 106 valence electrons. The van der Waals surface area contributed by atoms with E-state index in [0.29, 0.717) is 6.41 Å². The van der Waals surface area contributed by atoms with Crippen molar-refractivity contribution >= 4 is 6.41 Å². The summed E-state index contributed by atoms with van der Waals surface area (Å²) >= 11 is 0. The smallest absolute Gasteiger partial charge is 0.206 e. The Bertz CT molecular complexity index is 531. The highest BCUT2D eigenvalue weighted by molar-refractivity contribution is 5.44. The molecule has 0 unspecified atom stereocenters. The van der Waals surface area contributed by atoms with Crippen molar-refractivity contribution in [3.63, 3.8) is 0 Å². The minimum atomic E-state index is 0.625. The van der Waals surface area contributed by atoms with Gasteiger partial charge in [-0.3, -0.25) is 9.78 Å². The van der Waals surface area contributed by atoms with E-state index in [9.17, 15) is 0 Å². The van der Waals surface area contributed by atoms with Crippen molar-refractivity contribution in [3.05, 3.63) is 59.7 Å². The molecule has 0 saturated heterocycles. The van der Waals surface area contributed by atoms with Gasteiger partial charge < -0.3 is 10.1 Å². The molecular weight excluding hydrogens is 252 g/mol. The summed E-state index contributed by atoms with van der Waals surface area (Å²) in [5.41, 5.74) is 2.17. The Hall–Kier alpha value is -2.36. The maximum Gasteiger partial charge on any atom is 0.206 e. The van der Waals surface area contributed by atoms with E-state index in [0.717, 1.165) is 23.6 Å². The maximum absolute atomic E-state index is 9.06. The highest BCUT2D eigenvalue weighted by Crippen LogP contribution is 2.19. The molecule has 0 radical (unpaired) electrons. The molecule has 1 amide bonds. The Labute approximate surface area is 119 Å². The summed E-state index contributed by atoms with van der Waals surface area (Å²) in [6, 6.07) is 3.82. The third kappa shape index (κ3) is 6.00. The van der Waals surface area contributed by atoms with Gasteiger partial charge in [0.05, 0.1) is 0 Å². The molecule has 20 heavy (non-hydrogen) atoms. The molecule has 0 atom stereocenters. The van der Waals surface area contributed by atoms with Gasteiger partial charge in [0.25, 0.3) is 0 Å². The summed E-state index contributed by atoms with van der Waals surface area (Å²) in [5, 5.41) is 2.25. The van der Waals surface area contributed by atoms with Crippen LogP contribution < -0.4 is 10.1 Å². The molecule has 4 nitrogen and oxygen atoms in total. The minimum Gasteiger partial charge on any atom is -0.461 e. The number of carbonyl (C=O) groups excluding carboxylic acids is 1. The van der Waals surface area contributed by atoms with Crippen molar-refractivity contribution in [3.8, 4) is 5.75 Å². The number of allylic oxidation sites excluding steroid dienone is 5. The van der Waals surface area contributed by atoms with E-state index in [1.807, 2.05) is 19.1 Å². The van der Waals surface area contributed by atoms with Crippen molar-refractivity contribution in [2.24, 2.45) is 0 Å². The number of pyridine rings is 1. The number of aryl methyl sites for hydroxylation is 1. The van der Waals surface area contributed by atoms with Crippen LogP contribution in [-0.2, 0) is 4.79 Å². The molecular formula is C16H20N2O2. The van der Waals surface area contributed by atoms with Gasteiger partial charge in [-0.25, -0.2) is 0 Å². The summed E-state index contributed by atoms with van der Waals surface area (Å²) in [6.07, 6.45) is 11.5. The van der Waals surface area contributed by atoms with Gasteiger partial charge in [0.1, 0.15) is 11.5 Å². The average molecular weight is 272 g/mol. The Morgan fingerprint density at radius 3 is 2.80 bits per heavy atom. The first-order valence-electron chi connectivity index (χ1n) is 6.41. The molecule has 0 fully saturated rings. The van der Waals surface area contributed by atoms with Crippen molar-refractivity contribution in [2.75, 3.05) is 7.05 Å². The fraction of sp³-hybridized carbons (Fsp3) is 0.250. The zero-order valence-electron chi connectivity index (χ0n) is 12.1. The Morgan fingerprint density at radius 1 is 1.40 bits per heavy atom. The number of aromatic nitrogens is 1. The van der Waals surface area contributed by atoms with E-state index in [1.54, 1.807) is 13.2 Å². The highest BCUT2D eigenvalue weighted by atomic mass is 16.5. The fourth-order valence-corrected chi connectivity index (χ4v) is 1.57. The molecule has 0 spiro atoms. The fourth-order valence-electron chi connectivity index (χ4n) is 1.57. The van der Waals surface area contributed by atoms with Crippen LogP contribution in [0.5, 0.6) is 5.75 Å². The van der Waals surface area contributed by atoms with E-state index in [4.69, 9.17) is 9.53 Å². The van der Waals surface area contributed by atoms with Crippen LogP contribution in [0.1, 0.15) is 19.0 Å². The highest BCUT2D eigenvalue weighted by Gasteiger charge is 2.02. The van der Waals surface area contributed by atoms with Crippen LogP contribution in [0.2, 0.25) is 0 Å². The Balaban J connectivity index is 0.000000444. The lowest BCUT2D eigenvalue weighted by Crippen LogP contribution is -1.98. The summed E-state index contributed by atoms with van der Waals surface area (Å²) in [5.74, 6) is 1.81. The second kappa shape index (κ2) is 8.69. The molecule has 1 aromatic heterocycles. The molecule has 2 rings (SSSR count). The zero-order valence-corrected chi connectivity index (χ0v) is 12.1. The monoisotopic (exact) mass is 272 g/mol. The summed E-state index contributed by atoms with van der Waals surface area (Å²) in [6.45, 7) is 4.02. The van der Waals surface area contributed by atoms with E-state index >= 15 is 0 Å². The zero-order chi connectivity index (χ0) is 14.8. The maximum atomic E-state index is 9.06. The van der Waals surface area contributed by atoms with Crippen LogP contribution in [0, 0.1) is 6.92 Å². The molecule has 1 N–H and O–H groups in total. The van der Waals surface area contributed by atoms with Gasteiger partial charge in [-0.2, -0.15) is 0 Å². The summed E-state index contributed by atoms with van der Waals surface area (Å²) in [4.78, 5) is 13.2. The van der Waals surface area contributed by atoms with E-state index in [-0.39, 0.29) is 0 Å². The third-order valence-corrected chi connectivity index (χ3v) is 2.44. The molecule has 1 heterocycles. The predicted octanol–water partition coefficient (Wildman–Crippen LogP) is 2.92. The number of rotatable bonds is 3. The van der Waals surface area contributed by atoms with Gasteiger partial charge in [-0.05, 0) is 31.6 Å². The molecule has 0 aromatic carbocycles. The van der Waals surface area contributed by atoms with Gasteiger partial charge in [-0.1, -0.05) is 18.2 Å². The van der Waals surface area contributed by atoms with Gasteiger partial charge in [0.2, 0.25) is 6.41 Å². The van der Waals surface area contributed by atoms with E-state index in [1.165, 1.54) is 5.57 Å². The first-order valence-corrected chi connectivity index (χ1v) is 6.41. The lowest BCUT2D eigenvalue weighted by atomic mass is 10.2. The normalized spacial score (nSPS) is 13.2. The van der Waals surface area contributed by atoms with E-state index in [2.05, 4.69) is 41.5 Å². The van der Waals surface area contributed by atoms with Crippen LogP contribution in [0.25, 0.3) is 0 Å².